The average Bonchev–Trinajstić information content (AvgIpc) is 2.41. The molecule has 0 bridgehead atoms. The van der Waals surface area contributed by atoms with Crippen LogP contribution >= 0.6 is 0 Å². The van der Waals surface area contributed by atoms with Crippen LogP contribution in [0, 0.1) is 22.9 Å². The summed E-state index contributed by atoms with van der Waals surface area (Å²) in [6.07, 6.45) is 0. The van der Waals surface area contributed by atoms with E-state index < -0.39 is 16.6 Å². The van der Waals surface area contributed by atoms with Crippen LogP contribution in [-0.2, 0) is 0 Å². The van der Waals surface area contributed by atoms with Crippen molar-refractivity contribution >= 4 is 11.6 Å². The summed E-state index contributed by atoms with van der Waals surface area (Å²) >= 11 is 0. The van der Waals surface area contributed by atoms with Crippen molar-refractivity contribution in [3.63, 3.8) is 0 Å². The van der Waals surface area contributed by atoms with Crippen LogP contribution in [0.25, 0.3) is 0 Å². The predicted octanol–water partition coefficient (Wildman–Crippen LogP) is 1.48. The number of hydrogen-bond acceptors (Lipinski definition) is 4. The quantitative estimate of drug-likeness (QED) is 0.658. The maximum Gasteiger partial charge on any atom is 0.270 e. The van der Waals surface area contributed by atoms with Crippen molar-refractivity contribution < 1.29 is 14.1 Å². The number of carbonyl (C=O) groups is 1. The van der Waals surface area contributed by atoms with E-state index in [2.05, 4.69) is 5.32 Å². The normalized spacial score (nSPS) is 18.9. The summed E-state index contributed by atoms with van der Waals surface area (Å²) in [5, 5.41) is 14.0. The van der Waals surface area contributed by atoms with Crippen LogP contribution in [-0.4, -0.2) is 41.4 Å². The number of halogens is 1. The van der Waals surface area contributed by atoms with Gasteiger partial charge in [-0.05, 0) is 19.4 Å². The molecule has 0 aromatic heterocycles. The molecule has 1 amide bonds. The summed E-state index contributed by atoms with van der Waals surface area (Å²) in [5.41, 5.74) is -0.397. The minimum Gasteiger partial charge on any atom is -0.333 e. The molecular formula is C13H16FN3O3. The van der Waals surface area contributed by atoms with Gasteiger partial charge in [-0.3, -0.25) is 14.9 Å². The summed E-state index contributed by atoms with van der Waals surface area (Å²) in [4.78, 5) is 24.1. The average molecular weight is 281 g/mol. The van der Waals surface area contributed by atoms with Crippen molar-refractivity contribution in [1.29, 1.82) is 0 Å². The molecule has 0 saturated carbocycles. The lowest BCUT2D eigenvalue weighted by Crippen LogP contribution is -2.52. The highest BCUT2D eigenvalue weighted by Gasteiger charge is 2.28. The van der Waals surface area contributed by atoms with Crippen molar-refractivity contribution in [2.45, 2.75) is 19.9 Å². The standard InChI is InChI=1S/C13H16FN3O3/c1-8-5-10(17(19)20)6-11(12(8)14)13(18)16-4-3-15-7-9(16)2/h5-6,9,15H,3-4,7H2,1-2H3/t9-/m0/s1. The van der Waals surface area contributed by atoms with Crippen LogP contribution in [0.2, 0.25) is 0 Å². The first kappa shape index (κ1) is 14.4. The summed E-state index contributed by atoms with van der Waals surface area (Å²) < 4.78 is 14.1. The Balaban J connectivity index is 2.40. The van der Waals surface area contributed by atoms with Gasteiger partial charge >= 0.3 is 0 Å². The molecule has 1 aliphatic heterocycles. The lowest BCUT2D eigenvalue weighted by molar-refractivity contribution is -0.385. The van der Waals surface area contributed by atoms with Crippen LogP contribution in [0.15, 0.2) is 12.1 Å². The number of nitro benzene ring substituents is 1. The van der Waals surface area contributed by atoms with Crippen LogP contribution in [0.1, 0.15) is 22.8 Å². The predicted molar refractivity (Wildman–Crippen MR) is 71.2 cm³/mol. The molecule has 0 radical (unpaired) electrons. The monoisotopic (exact) mass is 281 g/mol. The van der Waals surface area contributed by atoms with Crippen LogP contribution in [0.4, 0.5) is 10.1 Å². The van der Waals surface area contributed by atoms with Gasteiger partial charge in [-0.25, -0.2) is 4.39 Å². The maximum atomic E-state index is 14.1. The van der Waals surface area contributed by atoms with E-state index in [1.807, 2.05) is 6.92 Å². The largest absolute Gasteiger partial charge is 0.333 e. The SMILES string of the molecule is Cc1cc([N+](=O)[O-])cc(C(=O)N2CCNC[C@@H]2C)c1F. The van der Waals surface area contributed by atoms with E-state index in [0.29, 0.717) is 19.6 Å². The Kier molecular flexibility index (Phi) is 3.99. The van der Waals surface area contributed by atoms with Gasteiger partial charge in [0.1, 0.15) is 5.82 Å². The maximum absolute atomic E-state index is 14.1. The third kappa shape index (κ3) is 2.62. The molecular weight excluding hydrogens is 265 g/mol. The number of nitro groups is 1. The van der Waals surface area contributed by atoms with Gasteiger partial charge in [-0.15, -0.1) is 0 Å². The second kappa shape index (κ2) is 5.54. The second-order valence-corrected chi connectivity index (χ2v) is 4.93. The van der Waals surface area contributed by atoms with E-state index in [0.717, 1.165) is 12.1 Å². The number of non-ortho nitro benzene ring substituents is 1. The van der Waals surface area contributed by atoms with Gasteiger partial charge in [0.05, 0.1) is 10.5 Å². The Hall–Kier alpha value is -2.02. The number of rotatable bonds is 2. The zero-order valence-corrected chi connectivity index (χ0v) is 11.4. The Morgan fingerprint density at radius 2 is 2.25 bits per heavy atom. The van der Waals surface area contributed by atoms with Crippen molar-refractivity contribution in [3.05, 3.63) is 39.2 Å². The number of amides is 1. The molecule has 7 heteroatoms. The Labute approximate surface area is 115 Å². The molecule has 0 aliphatic carbocycles. The van der Waals surface area contributed by atoms with E-state index >= 15 is 0 Å². The first-order valence-corrected chi connectivity index (χ1v) is 6.38. The molecule has 20 heavy (non-hydrogen) atoms. The zero-order valence-electron chi connectivity index (χ0n) is 11.4. The topological polar surface area (TPSA) is 75.5 Å². The summed E-state index contributed by atoms with van der Waals surface area (Å²) in [5.74, 6) is -1.19. The number of piperazine rings is 1. The minimum absolute atomic E-state index is 0.0739. The first-order valence-electron chi connectivity index (χ1n) is 6.38. The molecule has 1 heterocycles. The third-order valence-corrected chi connectivity index (χ3v) is 3.44. The Morgan fingerprint density at radius 3 is 2.85 bits per heavy atom. The smallest absolute Gasteiger partial charge is 0.270 e. The molecule has 2 rings (SSSR count). The molecule has 1 aromatic carbocycles. The van der Waals surface area contributed by atoms with Gasteiger partial charge in [0.25, 0.3) is 11.6 Å². The highest BCUT2D eigenvalue weighted by molar-refractivity contribution is 5.95. The first-order chi connectivity index (χ1) is 9.41. The fourth-order valence-electron chi connectivity index (χ4n) is 2.31. The highest BCUT2D eigenvalue weighted by atomic mass is 19.1. The molecule has 1 N–H and O–H groups in total. The molecule has 6 nitrogen and oxygen atoms in total. The lowest BCUT2D eigenvalue weighted by atomic mass is 10.1. The molecule has 1 saturated heterocycles. The van der Waals surface area contributed by atoms with Crippen molar-refractivity contribution in [2.75, 3.05) is 19.6 Å². The van der Waals surface area contributed by atoms with Gasteiger partial charge < -0.3 is 10.2 Å². The summed E-state index contributed by atoms with van der Waals surface area (Å²) in [6, 6.07) is 2.07. The Bertz CT molecular complexity index is 562. The molecule has 108 valence electrons. The summed E-state index contributed by atoms with van der Waals surface area (Å²) in [6.45, 7) is 4.99. The fourth-order valence-corrected chi connectivity index (χ4v) is 2.31. The van der Waals surface area contributed by atoms with Gasteiger partial charge in [0.2, 0.25) is 0 Å². The van der Waals surface area contributed by atoms with E-state index in [1.54, 1.807) is 0 Å². The van der Waals surface area contributed by atoms with Gasteiger partial charge in [0, 0.05) is 37.8 Å². The van der Waals surface area contributed by atoms with Gasteiger partial charge in [-0.1, -0.05) is 0 Å². The van der Waals surface area contributed by atoms with Crippen molar-refractivity contribution in [3.8, 4) is 0 Å². The van der Waals surface area contributed by atoms with Crippen molar-refractivity contribution in [1.82, 2.24) is 10.2 Å². The lowest BCUT2D eigenvalue weighted by Gasteiger charge is -2.34. The molecule has 0 unspecified atom stereocenters. The van der Waals surface area contributed by atoms with Gasteiger partial charge in [-0.2, -0.15) is 0 Å². The number of hydrogen-bond donors (Lipinski definition) is 1. The van der Waals surface area contributed by atoms with Crippen molar-refractivity contribution in [2.24, 2.45) is 0 Å². The van der Waals surface area contributed by atoms with Gasteiger partial charge in [0.15, 0.2) is 0 Å². The number of nitrogens with one attached hydrogen (secondary N) is 1. The van der Waals surface area contributed by atoms with E-state index in [9.17, 15) is 19.3 Å². The molecule has 1 aromatic rings. The fraction of sp³-hybridized carbons (Fsp3) is 0.462. The number of benzene rings is 1. The van der Waals surface area contributed by atoms with E-state index in [1.165, 1.54) is 11.8 Å². The molecule has 0 spiro atoms. The highest BCUT2D eigenvalue weighted by Crippen LogP contribution is 2.23. The third-order valence-electron chi connectivity index (χ3n) is 3.44. The van der Waals surface area contributed by atoms with Crippen LogP contribution in [0.5, 0.6) is 0 Å². The summed E-state index contributed by atoms with van der Waals surface area (Å²) in [7, 11) is 0. The van der Waals surface area contributed by atoms with Crippen LogP contribution < -0.4 is 5.32 Å². The van der Waals surface area contributed by atoms with E-state index in [4.69, 9.17) is 0 Å². The number of nitrogens with zero attached hydrogens (tertiary/aromatic N) is 2. The van der Waals surface area contributed by atoms with E-state index in [-0.39, 0.29) is 22.9 Å². The zero-order chi connectivity index (χ0) is 14.9. The Morgan fingerprint density at radius 1 is 1.55 bits per heavy atom. The second-order valence-electron chi connectivity index (χ2n) is 4.93. The minimum atomic E-state index is -0.689. The molecule has 1 atom stereocenters. The van der Waals surface area contributed by atoms with Crippen LogP contribution in [0.3, 0.4) is 0 Å². The molecule has 1 aliphatic rings. The number of carbonyl (C=O) groups excluding carboxylic acids is 1. The molecule has 1 fully saturated rings. The number of aryl methyl sites for hydroxylation is 1.